The molecule has 0 N–H and O–H groups in total. The molecule has 2 fully saturated rings. The van der Waals surface area contributed by atoms with Crippen molar-refractivity contribution in [3.8, 4) is 0 Å². The maximum atomic E-state index is 13.4. The topological polar surface area (TPSA) is 31.7 Å². The van der Waals surface area contributed by atoms with Gasteiger partial charge < -0.3 is 14.4 Å². The Hall–Kier alpha value is -1.33. The summed E-state index contributed by atoms with van der Waals surface area (Å²) in [6.45, 7) is 9.33. The van der Waals surface area contributed by atoms with Gasteiger partial charge in [-0.3, -0.25) is 9.69 Å². The number of rotatable bonds is 3. The highest BCUT2D eigenvalue weighted by molar-refractivity contribution is 5.82. The molecule has 2 saturated heterocycles. The Morgan fingerprint density at radius 2 is 2.04 bits per heavy atom. The molecule has 0 bridgehead atoms. The van der Waals surface area contributed by atoms with Crippen molar-refractivity contribution in [3.63, 3.8) is 0 Å². The minimum absolute atomic E-state index is 0.102. The van der Waals surface area contributed by atoms with E-state index in [1.54, 1.807) is 0 Å². The van der Waals surface area contributed by atoms with E-state index in [1.165, 1.54) is 31.6 Å². The molecule has 1 spiro atoms. The average Bonchev–Trinajstić information content (AvgIpc) is 3.22. The van der Waals surface area contributed by atoms with Crippen LogP contribution in [0.25, 0.3) is 0 Å². The molecular formula is C20H32N4O. The number of amides is 1. The van der Waals surface area contributed by atoms with Gasteiger partial charge in [0.15, 0.2) is 0 Å². The first kappa shape index (κ1) is 17.1. The predicted molar refractivity (Wildman–Crippen MR) is 99.3 cm³/mol. The fourth-order valence-corrected chi connectivity index (χ4v) is 5.08. The van der Waals surface area contributed by atoms with E-state index in [2.05, 4.69) is 51.6 Å². The minimum atomic E-state index is 0.102. The van der Waals surface area contributed by atoms with Gasteiger partial charge in [-0.05, 0) is 69.9 Å². The molecule has 3 aliphatic rings. The quantitative estimate of drug-likeness (QED) is 0.841. The van der Waals surface area contributed by atoms with Crippen LogP contribution in [0.5, 0.6) is 0 Å². The molecule has 1 atom stereocenters. The zero-order valence-corrected chi connectivity index (χ0v) is 15.8. The zero-order chi connectivity index (χ0) is 17.4. The number of hydrogen-bond acceptors (Lipinski definition) is 3. The number of piperidine rings is 1. The molecule has 0 aliphatic carbocycles. The van der Waals surface area contributed by atoms with E-state index in [1.807, 2.05) is 0 Å². The highest BCUT2D eigenvalue weighted by Crippen LogP contribution is 2.43. The van der Waals surface area contributed by atoms with Crippen LogP contribution < -0.4 is 0 Å². The van der Waals surface area contributed by atoms with E-state index in [9.17, 15) is 4.79 Å². The van der Waals surface area contributed by atoms with Gasteiger partial charge in [-0.25, -0.2) is 0 Å². The van der Waals surface area contributed by atoms with Crippen molar-refractivity contribution in [2.45, 2.75) is 51.7 Å². The highest BCUT2D eigenvalue weighted by Gasteiger charge is 2.48. The molecule has 138 valence electrons. The van der Waals surface area contributed by atoms with Crippen LogP contribution in [-0.4, -0.2) is 71.0 Å². The summed E-state index contributed by atoms with van der Waals surface area (Å²) in [6.07, 6.45) is 6.82. The first-order valence-electron chi connectivity index (χ1n) is 9.96. The van der Waals surface area contributed by atoms with E-state index < -0.39 is 0 Å². The summed E-state index contributed by atoms with van der Waals surface area (Å²) in [6, 6.07) is 4.34. The highest BCUT2D eigenvalue weighted by atomic mass is 16.2. The van der Waals surface area contributed by atoms with Crippen LogP contribution in [0.1, 0.15) is 38.3 Å². The van der Waals surface area contributed by atoms with Gasteiger partial charge in [0, 0.05) is 31.5 Å². The van der Waals surface area contributed by atoms with E-state index in [4.69, 9.17) is 0 Å². The summed E-state index contributed by atoms with van der Waals surface area (Å²) in [5.74, 6) is 0.372. The van der Waals surface area contributed by atoms with E-state index >= 15 is 0 Å². The number of hydrogen-bond donors (Lipinski definition) is 0. The van der Waals surface area contributed by atoms with Gasteiger partial charge in [0.05, 0.1) is 12.6 Å². The third-order valence-electron chi connectivity index (χ3n) is 6.65. The second kappa shape index (κ2) is 6.76. The van der Waals surface area contributed by atoms with Gasteiger partial charge in [0.1, 0.15) is 0 Å². The lowest BCUT2D eigenvalue weighted by atomic mass is 9.76. The molecule has 1 aromatic rings. The summed E-state index contributed by atoms with van der Waals surface area (Å²) in [4.78, 5) is 20.4. The van der Waals surface area contributed by atoms with E-state index in [-0.39, 0.29) is 6.04 Å². The lowest BCUT2D eigenvalue weighted by molar-refractivity contribution is -0.137. The first-order valence-corrected chi connectivity index (χ1v) is 9.96. The Balaban J connectivity index is 1.48. The lowest BCUT2D eigenvalue weighted by Gasteiger charge is -2.37. The Labute approximate surface area is 151 Å². The summed E-state index contributed by atoms with van der Waals surface area (Å²) < 4.78 is 2.28. The largest absolute Gasteiger partial charge is 0.348 e. The van der Waals surface area contributed by atoms with Crippen LogP contribution in [0.3, 0.4) is 0 Å². The van der Waals surface area contributed by atoms with Gasteiger partial charge in [-0.2, -0.15) is 0 Å². The van der Waals surface area contributed by atoms with Gasteiger partial charge in [0.2, 0.25) is 5.91 Å². The number of carbonyl (C=O) groups is 1. The SMILES string of the molecule is CCCN1CC2(CCN(C)CC2)CC1C(=O)N1CCn2cccc2C1. The van der Waals surface area contributed by atoms with Crippen LogP contribution in [0.2, 0.25) is 0 Å². The van der Waals surface area contributed by atoms with Crippen molar-refractivity contribution in [1.82, 2.24) is 19.3 Å². The summed E-state index contributed by atoms with van der Waals surface area (Å²) in [5.41, 5.74) is 1.64. The fraction of sp³-hybridized carbons (Fsp3) is 0.750. The molecule has 1 aromatic heterocycles. The number of nitrogens with zero attached hydrogens (tertiary/aromatic N) is 4. The van der Waals surface area contributed by atoms with Crippen LogP contribution >= 0.6 is 0 Å². The minimum Gasteiger partial charge on any atom is -0.348 e. The van der Waals surface area contributed by atoms with Gasteiger partial charge in [0.25, 0.3) is 0 Å². The Bertz CT molecular complexity index is 617. The van der Waals surface area contributed by atoms with Crippen LogP contribution in [0, 0.1) is 5.41 Å². The van der Waals surface area contributed by atoms with Crippen LogP contribution in [-0.2, 0) is 17.9 Å². The van der Waals surface area contributed by atoms with E-state index in [0.717, 1.165) is 45.6 Å². The summed E-state index contributed by atoms with van der Waals surface area (Å²) >= 11 is 0. The summed E-state index contributed by atoms with van der Waals surface area (Å²) in [5, 5.41) is 0. The van der Waals surface area contributed by atoms with Gasteiger partial charge in [-0.15, -0.1) is 0 Å². The monoisotopic (exact) mass is 344 g/mol. The second-order valence-electron chi connectivity index (χ2n) is 8.45. The molecule has 5 heteroatoms. The molecular weight excluding hydrogens is 312 g/mol. The smallest absolute Gasteiger partial charge is 0.240 e. The molecule has 5 nitrogen and oxygen atoms in total. The van der Waals surface area contributed by atoms with Crippen molar-refractivity contribution >= 4 is 5.91 Å². The van der Waals surface area contributed by atoms with Crippen molar-refractivity contribution in [2.24, 2.45) is 5.41 Å². The summed E-state index contributed by atoms with van der Waals surface area (Å²) in [7, 11) is 2.22. The molecule has 25 heavy (non-hydrogen) atoms. The molecule has 1 unspecified atom stereocenters. The third kappa shape index (κ3) is 3.24. The zero-order valence-electron chi connectivity index (χ0n) is 15.8. The first-order chi connectivity index (χ1) is 12.1. The van der Waals surface area contributed by atoms with E-state index in [0.29, 0.717) is 11.3 Å². The lowest BCUT2D eigenvalue weighted by Crippen LogP contribution is -2.48. The molecule has 1 amide bonds. The number of likely N-dealkylation sites (tertiary alicyclic amines) is 2. The molecule has 0 saturated carbocycles. The van der Waals surface area contributed by atoms with Crippen molar-refractivity contribution in [2.75, 3.05) is 39.8 Å². The maximum absolute atomic E-state index is 13.4. The molecule has 3 aliphatic heterocycles. The predicted octanol–water partition coefficient (Wildman–Crippen LogP) is 2.03. The molecule has 0 aromatic carbocycles. The normalized spacial score (nSPS) is 27.0. The third-order valence-corrected chi connectivity index (χ3v) is 6.65. The Morgan fingerprint density at radius 3 is 2.80 bits per heavy atom. The van der Waals surface area contributed by atoms with Crippen molar-refractivity contribution in [1.29, 1.82) is 0 Å². The van der Waals surface area contributed by atoms with Gasteiger partial charge in [-0.1, -0.05) is 6.92 Å². The standard InChI is InChI=1S/C20H32N4O/c1-3-8-24-16-20(6-10-21(2)11-7-20)14-18(24)19(25)23-13-12-22-9-4-5-17(22)15-23/h4-5,9,18H,3,6-8,10-16H2,1-2H3. The second-order valence-corrected chi connectivity index (χ2v) is 8.45. The number of carbonyl (C=O) groups excluding carboxylic acids is 1. The molecule has 4 heterocycles. The van der Waals surface area contributed by atoms with Crippen molar-refractivity contribution < 1.29 is 4.79 Å². The Kier molecular flexibility index (Phi) is 4.63. The Morgan fingerprint density at radius 1 is 1.24 bits per heavy atom. The number of fused-ring (bicyclic) bond motifs is 1. The maximum Gasteiger partial charge on any atom is 0.240 e. The van der Waals surface area contributed by atoms with Crippen LogP contribution in [0.4, 0.5) is 0 Å². The molecule has 4 rings (SSSR count). The molecule has 0 radical (unpaired) electrons. The number of aromatic nitrogens is 1. The average molecular weight is 345 g/mol. The van der Waals surface area contributed by atoms with Crippen molar-refractivity contribution in [3.05, 3.63) is 24.0 Å². The van der Waals surface area contributed by atoms with Gasteiger partial charge >= 0.3 is 0 Å². The fourth-order valence-electron chi connectivity index (χ4n) is 5.08. The van der Waals surface area contributed by atoms with Crippen LogP contribution in [0.15, 0.2) is 18.3 Å².